The first-order valence-electron chi connectivity index (χ1n) is 9.77. The van der Waals surface area contributed by atoms with Gasteiger partial charge in [0.1, 0.15) is 11.8 Å². The topological polar surface area (TPSA) is 58.6 Å². The van der Waals surface area contributed by atoms with E-state index in [0.717, 1.165) is 17.5 Å². The lowest BCUT2D eigenvalue weighted by Gasteiger charge is -2.30. The smallest absolute Gasteiger partial charge is 0.261 e. The van der Waals surface area contributed by atoms with Crippen molar-refractivity contribution in [2.75, 3.05) is 13.7 Å². The van der Waals surface area contributed by atoms with Crippen molar-refractivity contribution in [3.8, 4) is 5.75 Å². The maximum atomic E-state index is 13.0. The molecule has 1 unspecified atom stereocenters. The highest BCUT2D eigenvalue weighted by atomic mass is 16.5. The monoisotopic (exact) mass is 382 g/mol. The van der Waals surface area contributed by atoms with Gasteiger partial charge in [-0.3, -0.25) is 9.59 Å². The Morgan fingerprint density at radius 3 is 2.32 bits per heavy atom. The van der Waals surface area contributed by atoms with Crippen LogP contribution in [-0.4, -0.2) is 36.4 Å². The van der Waals surface area contributed by atoms with Crippen molar-refractivity contribution in [3.05, 3.63) is 65.2 Å². The van der Waals surface area contributed by atoms with Crippen LogP contribution in [0.4, 0.5) is 0 Å². The lowest BCUT2D eigenvalue weighted by Crippen LogP contribution is -2.49. The molecule has 0 fully saturated rings. The Bertz CT molecular complexity index is 787. The van der Waals surface area contributed by atoms with E-state index < -0.39 is 6.04 Å². The fraction of sp³-hybridized carbons (Fsp3) is 0.391. The van der Waals surface area contributed by atoms with Gasteiger partial charge in [-0.2, -0.15) is 0 Å². The van der Waals surface area contributed by atoms with Crippen molar-refractivity contribution in [1.29, 1.82) is 0 Å². The molecular weight excluding hydrogens is 352 g/mol. The lowest BCUT2D eigenvalue weighted by molar-refractivity contribution is -0.142. The fourth-order valence-corrected chi connectivity index (χ4v) is 3.11. The molecule has 0 aliphatic heterocycles. The van der Waals surface area contributed by atoms with Crippen molar-refractivity contribution < 1.29 is 14.3 Å². The Kier molecular flexibility index (Phi) is 8.05. The Hall–Kier alpha value is -2.82. The van der Waals surface area contributed by atoms with Crippen LogP contribution in [0.3, 0.4) is 0 Å². The number of ether oxygens (including phenoxy) is 1. The molecule has 0 spiro atoms. The summed E-state index contributed by atoms with van der Waals surface area (Å²) in [5.74, 6) is 0.268. The third-order valence-electron chi connectivity index (χ3n) is 4.93. The summed E-state index contributed by atoms with van der Waals surface area (Å²) in [4.78, 5) is 27.0. The second-order valence-electron chi connectivity index (χ2n) is 6.77. The van der Waals surface area contributed by atoms with Gasteiger partial charge in [0.2, 0.25) is 5.91 Å². The fourth-order valence-electron chi connectivity index (χ4n) is 3.11. The summed E-state index contributed by atoms with van der Waals surface area (Å²) in [6, 6.07) is 15.1. The summed E-state index contributed by atoms with van der Waals surface area (Å²) in [6.07, 6.45) is 1.48. The molecule has 1 atom stereocenters. The van der Waals surface area contributed by atoms with Crippen LogP contribution in [0, 0.1) is 6.92 Å². The van der Waals surface area contributed by atoms with Crippen molar-refractivity contribution in [2.24, 2.45) is 0 Å². The Morgan fingerprint density at radius 2 is 1.75 bits per heavy atom. The third kappa shape index (κ3) is 5.59. The zero-order valence-electron chi connectivity index (χ0n) is 17.2. The van der Waals surface area contributed by atoms with Crippen LogP contribution in [0.5, 0.6) is 5.75 Å². The van der Waals surface area contributed by atoms with Crippen molar-refractivity contribution in [2.45, 2.75) is 46.2 Å². The van der Waals surface area contributed by atoms with Crippen molar-refractivity contribution in [3.63, 3.8) is 0 Å². The highest BCUT2D eigenvalue weighted by Gasteiger charge is 2.28. The first kappa shape index (κ1) is 21.5. The number of carbonyl (C=O) groups is 2. The molecule has 0 aliphatic carbocycles. The molecule has 1 N–H and O–H groups in total. The lowest BCUT2D eigenvalue weighted by atomic mass is 10.1. The molecule has 0 heterocycles. The van der Waals surface area contributed by atoms with Crippen LogP contribution < -0.4 is 10.1 Å². The van der Waals surface area contributed by atoms with E-state index in [2.05, 4.69) is 12.2 Å². The van der Waals surface area contributed by atoms with Crippen LogP contribution >= 0.6 is 0 Å². The molecule has 150 valence electrons. The third-order valence-corrected chi connectivity index (χ3v) is 4.93. The van der Waals surface area contributed by atoms with Gasteiger partial charge in [-0.1, -0.05) is 50.2 Å². The maximum Gasteiger partial charge on any atom is 0.261 e. The molecule has 0 aliphatic rings. The van der Waals surface area contributed by atoms with Gasteiger partial charge >= 0.3 is 0 Å². The summed E-state index contributed by atoms with van der Waals surface area (Å²) < 4.78 is 5.70. The minimum atomic E-state index is -0.539. The highest BCUT2D eigenvalue weighted by molar-refractivity contribution is 5.88. The number of likely N-dealkylation sites (N-methyl/N-ethyl adjacent to an activating group) is 1. The van der Waals surface area contributed by atoms with Gasteiger partial charge in [-0.05, 0) is 48.6 Å². The molecule has 0 aromatic heterocycles. The number of carbonyl (C=O) groups excluding carboxylic acids is 2. The summed E-state index contributed by atoms with van der Waals surface area (Å²) in [6.45, 7) is 6.26. The van der Waals surface area contributed by atoms with E-state index in [-0.39, 0.29) is 18.4 Å². The number of amides is 2. The predicted octanol–water partition coefficient (Wildman–Crippen LogP) is 3.49. The number of hydrogen-bond acceptors (Lipinski definition) is 3. The van der Waals surface area contributed by atoms with Gasteiger partial charge in [0, 0.05) is 13.6 Å². The highest BCUT2D eigenvalue weighted by Crippen LogP contribution is 2.17. The van der Waals surface area contributed by atoms with Crippen molar-refractivity contribution in [1.82, 2.24) is 10.2 Å². The summed E-state index contributed by atoms with van der Waals surface area (Å²) in [5.41, 5.74) is 3.32. The number of aryl methyl sites for hydroxylation is 2. The van der Waals surface area contributed by atoms with E-state index in [1.807, 2.05) is 62.4 Å². The molecule has 2 aromatic carbocycles. The molecule has 2 rings (SSSR count). The summed E-state index contributed by atoms with van der Waals surface area (Å²) in [5, 5.41) is 2.66. The van der Waals surface area contributed by atoms with Gasteiger partial charge in [0.25, 0.3) is 5.91 Å². The maximum absolute atomic E-state index is 13.0. The Labute approximate surface area is 167 Å². The first-order chi connectivity index (χ1) is 13.5. The second-order valence-corrected chi connectivity index (χ2v) is 6.77. The SMILES string of the molecule is CCc1ccc(OCC(=O)N(Cc2ccccc2C)C(CC)C(=O)NC)cc1. The van der Waals surface area contributed by atoms with Crippen molar-refractivity contribution >= 4 is 11.8 Å². The molecule has 2 amide bonds. The van der Waals surface area contributed by atoms with E-state index in [4.69, 9.17) is 4.74 Å². The molecule has 0 bridgehead atoms. The van der Waals surface area contributed by atoms with Crippen LogP contribution in [0.2, 0.25) is 0 Å². The minimum Gasteiger partial charge on any atom is -0.484 e. The molecular formula is C23H30N2O3. The van der Waals surface area contributed by atoms with Gasteiger partial charge in [0.15, 0.2) is 6.61 Å². The minimum absolute atomic E-state index is 0.106. The zero-order valence-corrected chi connectivity index (χ0v) is 17.2. The Morgan fingerprint density at radius 1 is 1.07 bits per heavy atom. The Balaban J connectivity index is 2.17. The molecule has 2 aromatic rings. The molecule has 0 saturated heterocycles. The largest absolute Gasteiger partial charge is 0.484 e. The van der Waals surface area contributed by atoms with Gasteiger partial charge in [-0.25, -0.2) is 0 Å². The van der Waals surface area contributed by atoms with E-state index in [1.54, 1.807) is 11.9 Å². The first-order valence-corrected chi connectivity index (χ1v) is 9.77. The van der Waals surface area contributed by atoms with Crippen LogP contribution in [0.25, 0.3) is 0 Å². The van der Waals surface area contributed by atoms with Gasteiger partial charge in [-0.15, -0.1) is 0 Å². The van der Waals surface area contributed by atoms with E-state index in [9.17, 15) is 9.59 Å². The molecule has 0 radical (unpaired) electrons. The standard InChI is InChI=1S/C23H30N2O3/c1-5-18-11-13-20(14-12-18)28-16-22(26)25(21(6-2)23(27)24-4)15-19-10-8-7-9-17(19)3/h7-14,21H,5-6,15-16H2,1-4H3,(H,24,27). The summed E-state index contributed by atoms with van der Waals surface area (Å²) in [7, 11) is 1.59. The average Bonchev–Trinajstić information content (AvgIpc) is 2.73. The molecule has 28 heavy (non-hydrogen) atoms. The molecule has 5 nitrogen and oxygen atoms in total. The number of benzene rings is 2. The second kappa shape index (κ2) is 10.5. The van der Waals surface area contributed by atoms with Crippen LogP contribution in [0.15, 0.2) is 48.5 Å². The number of nitrogens with one attached hydrogen (secondary N) is 1. The zero-order chi connectivity index (χ0) is 20.5. The normalized spacial score (nSPS) is 11.6. The van der Waals surface area contributed by atoms with Gasteiger partial charge in [0.05, 0.1) is 0 Å². The van der Waals surface area contributed by atoms with Crippen LogP contribution in [-0.2, 0) is 22.6 Å². The number of nitrogens with zero attached hydrogens (tertiary/aromatic N) is 1. The number of hydrogen-bond donors (Lipinski definition) is 1. The van der Waals surface area contributed by atoms with E-state index in [0.29, 0.717) is 18.7 Å². The number of rotatable bonds is 9. The predicted molar refractivity (Wildman–Crippen MR) is 111 cm³/mol. The average molecular weight is 383 g/mol. The quantitative estimate of drug-likeness (QED) is 0.722. The van der Waals surface area contributed by atoms with E-state index in [1.165, 1.54) is 5.56 Å². The molecule has 0 saturated carbocycles. The van der Waals surface area contributed by atoms with E-state index >= 15 is 0 Å². The van der Waals surface area contributed by atoms with Gasteiger partial charge < -0.3 is 15.0 Å². The molecule has 5 heteroatoms. The van der Waals surface area contributed by atoms with Crippen LogP contribution in [0.1, 0.15) is 37.0 Å². The summed E-state index contributed by atoms with van der Waals surface area (Å²) >= 11 is 0.